The normalized spacial score (nSPS) is 12.4. The van der Waals surface area contributed by atoms with Crippen LogP contribution in [0.2, 0.25) is 0 Å². The summed E-state index contributed by atoms with van der Waals surface area (Å²) in [5, 5.41) is 18.4. The fraction of sp³-hybridized carbons (Fsp3) is 0.714. The average Bonchev–Trinajstić information content (AvgIpc) is 2.67. The lowest BCUT2D eigenvalue weighted by Crippen LogP contribution is -2.32. The van der Waals surface area contributed by atoms with Gasteiger partial charge >= 0.3 is 0 Å². The molecule has 1 rings (SSSR count). The molecule has 0 aliphatic carbocycles. The zero-order chi connectivity index (χ0) is 10.4. The maximum absolute atomic E-state index is 11.3. The van der Waals surface area contributed by atoms with E-state index >= 15 is 0 Å². The Kier molecular flexibility index (Phi) is 3.99. The first-order chi connectivity index (χ1) is 6.74. The summed E-state index contributed by atoms with van der Waals surface area (Å²) >= 11 is 0. The minimum atomic E-state index is -0.304. The molecular weight excluding hydrogens is 184 g/mol. The highest BCUT2D eigenvalue weighted by Gasteiger charge is 2.10. The van der Waals surface area contributed by atoms with Crippen molar-refractivity contribution in [3.63, 3.8) is 0 Å². The van der Waals surface area contributed by atoms with Crippen molar-refractivity contribution in [1.29, 1.82) is 0 Å². The van der Waals surface area contributed by atoms with Gasteiger partial charge in [0.25, 0.3) is 11.7 Å². The topological polar surface area (TPSA) is 95.6 Å². The van der Waals surface area contributed by atoms with Gasteiger partial charge in [-0.3, -0.25) is 4.79 Å². The third-order valence-electron chi connectivity index (χ3n) is 1.71. The van der Waals surface area contributed by atoms with Crippen molar-refractivity contribution in [2.24, 2.45) is 5.92 Å². The van der Waals surface area contributed by atoms with Gasteiger partial charge in [-0.2, -0.15) is 5.21 Å². The molecule has 0 saturated heterocycles. The summed E-state index contributed by atoms with van der Waals surface area (Å²) in [5.41, 5.74) is 0. The molecule has 1 unspecified atom stereocenters. The number of nitrogens with one attached hydrogen (secondary N) is 3. The number of carbonyl (C=O) groups excluding carboxylic acids is 1. The van der Waals surface area contributed by atoms with Crippen LogP contribution in [0.5, 0.6) is 0 Å². The van der Waals surface area contributed by atoms with Crippen LogP contribution in [0, 0.1) is 5.92 Å². The van der Waals surface area contributed by atoms with E-state index in [0.29, 0.717) is 12.5 Å². The molecule has 78 valence electrons. The maximum atomic E-state index is 11.3. The van der Waals surface area contributed by atoms with Crippen LogP contribution >= 0.6 is 0 Å². The van der Waals surface area contributed by atoms with Gasteiger partial charge in [-0.1, -0.05) is 6.92 Å². The summed E-state index contributed by atoms with van der Waals surface area (Å²) in [4.78, 5) is 11.3. The lowest BCUT2D eigenvalue weighted by Gasteiger charge is -2.10. The molecule has 0 radical (unpaired) electrons. The Labute approximate surface area is 81.7 Å². The second kappa shape index (κ2) is 5.28. The number of amides is 1. The fourth-order valence-electron chi connectivity index (χ4n) is 1.02. The molecule has 0 bridgehead atoms. The van der Waals surface area contributed by atoms with Gasteiger partial charge in [-0.25, -0.2) is 0 Å². The highest BCUT2D eigenvalue weighted by atomic mass is 16.2. The quantitative estimate of drug-likeness (QED) is 0.551. The van der Waals surface area contributed by atoms with Gasteiger partial charge in [0.15, 0.2) is 0 Å². The molecule has 3 N–H and O–H groups in total. The van der Waals surface area contributed by atoms with Gasteiger partial charge in [0, 0.05) is 6.54 Å². The van der Waals surface area contributed by atoms with Gasteiger partial charge < -0.3 is 10.6 Å². The zero-order valence-electron chi connectivity index (χ0n) is 8.24. The van der Waals surface area contributed by atoms with E-state index in [-0.39, 0.29) is 11.7 Å². The molecular formula is C7H14N6O. The second-order valence-corrected chi connectivity index (χ2v) is 3.11. The van der Waals surface area contributed by atoms with Gasteiger partial charge in [0.1, 0.15) is 0 Å². The third kappa shape index (κ3) is 3.09. The monoisotopic (exact) mass is 198 g/mol. The zero-order valence-corrected chi connectivity index (χ0v) is 8.24. The number of nitrogens with zero attached hydrogens (tertiary/aromatic N) is 3. The molecule has 1 amide bonds. The van der Waals surface area contributed by atoms with E-state index in [1.165, 1.54) is 0 Å². The van der Waals surface area contributed by atoms with E-state index in [0.717, 1.165) is 6.54 Å². The van der Waals surface area contributed by atoms with E-state index in [1.807, 2.05) is 14.0 Å². The Morgan fingerprint density at radius 3 is 2.93 bits per heavy atom. The Balaban J connectivity index is 2.28. The molecule has 1 aromatic rings. The summed E-state index contributed by atoms with van der Waals surface area (Å²) in [6.07, 6.45) is 0. The molecule has 7 heteroatoms. The van der Waals surface area contributed by atoms with Crippen molar-refractivity contribution in [1.82, 2.24) is 31.3 Å². The van der Waals surface area contributed by atoms with Crippen molar-refractivity contribution < 1.29 is 4.79 Å². The average molecular weight is 198 g/mol. The first kappa shape index (κ1) is 10.6. The molecule has 0 spiro atoms. The molecule has 0 aliphatic rings. The highest BCUT2D eigenvalue weighted by Crippen LogP contribution is 1.90. The second-order valence-electron chi connectivity index (χ2n) is 3.11. The Bertz CT molecular complexity index is 272. The predicted molar refractivity (Wildman–Crippen MR) is 49.6 cm³/mol. The number of H-pyrrole nitrogens is 1. The summed E-state index contributed by atoms with van der Waals surface area (Å²) in [7, 11) is 1.87. The van der Waals surface area contributed by atoms with Gasteiger partial charge in [-0.05, 0) is 24.7 Å². The van der Waals surface area contributed by atoms with E-state index in [2.05, 4.69) is 31.3 Å². The molecule has 1 aromatic heterocycles. The standard InChI is InChI=1S/C7H14N6O/c1-5(3-8-2)4-9-7(14)6-10-12-13-11-6/h5,8H,3-4H2,1-2H3,(H,9,14)(H,10,11,12,13). The minimum Gasteiger partial charge on any atom is -0.349 e. The summed E-state index contributed by atoms with van der Waals surface area (Å²) < 4.78 is 0. The van der Waals surface area contributed by atoms with Gasteiger partial charge in [0.2, 0.25) is 0 Å². The number of rotatable bonds is 5. The highest BCUT2D eigenvalue weighted by molar-refractivity contribution is 5.89. The Hall–Kier alpha value is -1.50. The van der Waals surface area contributed by atoms with E-state index in [9.17, 15) is 4.79 Å². The Morgan fingerprint density at radius 1 is 1.57 bits per heavy atom. The first-order valence-corrected chi connectivity index (χ1v) is 4.40. The molecule has 0 aromatic carbocycles. The van der Waals surface area contributed by atoms with Crippen molar-refractivity contribution in [3.8, 4) is 0 Å². The van der Waals surface area contributed by atoms with Crippen molar-refractivity contribution in [2.75, 3.05) is 20.1 Å². The van der Waals surface area contributed by atoms with Crippen molar-refractivity contribution in [3.05, 3.63) is 5.82 Å². The smallest absolute Gasteiger partial charge is 0.292 e. The predicted octanol–water partition coefficient (Wildman–Crippen LogP) is -1.21. The SMILES string of the molecule is CNCC(C)CNC(=O)c1nn[nH]n1. The number of hydrogen-bond acceptors (Lipinski definition) is 5. The summed E-state index contributed by atoms with van der Waals surface area (Å²) in [6.45, 7) is 3.48. The summed E-state index contributed by atoms with van der Waals surface area (Å²) in [6, 6.07) is 0. The Morgan fingerprint density at radius 2 is 2.36 bits per heavy atom. The molecule has 0 aliphatic heterocycles. The number of aromatic nitrogens is 4. The number of carbonyl (C=O) groups is 1. The molecule has 1 heterocycles. The fourth-order valence-corrected chi connectivity index (χ4v) is 1.02. The van der Waals surface area contributed by atoms with E-state index in [1.54, 1.807) is 0 Å². The number of hydrogen-bond donors (Lipinski definition) is 3. The van der Waals surface area contributed by atoms with Crippen LogP contribution in [-0.4, -0.2) is 46.7 Å². The van der Waals surface area contributed by atoms with Crippen LogP contribution in [0.3, 0.4) is 0 Å². The number of tetrazole rings is 1. The molecule has 0 fully saturated rings. The van der Waals surface area contributed by atoms with Crippen molar-refractivity contribution in [2.45, 2.75) is 6.92 Å². The molecule has 0 saturated carbocycles. The van der Waals surface area contributed by atoms with Crippen LogP contribution in [-0.2, 0) is 0 Å². The minimum absolute atomic E-state index is 0.0710. The largest absolute Gasteiger partial charge is 0.349 e. The van der Waals surface area contributed by atoms with E-state index < -0.39 is 0 Å². The first-order valence-electron chi connectivity index (χ1n) is 4.40. The van der Waals surface area contributed by atoms with E-state index in [4.69, 9.17) is 0 Å². The van der Waals surface area contributed by atoms with Crippen LogP contribution in [0.1, 0.15) is 17.5 Å². The van der Waals surface area contributed by atoms with Crippen LogP contribution in [0.25, 0.3) is 0 Å². The lowest BCUT2D eigenvalue weighted by molar-refractivity contribution is 0.0938. The lowest BCUT2D eigenvalue weighted by atomic mass is 10.2. The van der Waals surface area contributed by atoms with Crippen LogP contribution < -0.4 is 10.6 Å². The summed E-state index contributed by atoms with van der Waals surface area (Å²) in [5.74, 6) is 0.138. The number of aromatic amines is 1. The van der Waals surface area contributed by atoms with Crippen LogP contribution in [0.4, 0.5) is 0 Å². The molecule has 7 nitrogen and oxygen atoms in total. The third-order valence-corrected chi connectivity index (χ3v) is 1.71. The van der Waals surface area contributed by atoms with Crippen molar-refractivity contribution >= 4 is 5.91 Å². The molecule has 1 atom stereocenters. The van der Waals surface area contributed by atoms with Crippen LogP contribution in [0.15, 0.2) is 0 Å². The van der Waals surface area contributed by atoms with Gasteiger partial charge in [-0.15, -0.1) is 10.2 Å². The van der Waals surface area contributed by atoms with Gasteiger partial charge in [0.05, 0.1) is 0 Å². The maximum Gasteiger partial charge on any atom is 0.292 e. The molecule has 14 heavy (non-hydrogen) atoms.